The van der Waals surface area contributed by atoms with Gasteiger partial charge in [0.05, 0.1) is 0 Å². The second-order valence-corrected chi connectivity index (χ2v) is 4.36. The molecule has 0 N–H and O–H groups in total. The van der Waals surface area contributed by atoms with Gasteiger partial charge >= 0.3 is 0 Å². The van der Waals surface area contributed by atoms with Gasteiger partial charge in [-0.1, -0.05) is 65.2 Å². The van der Waals surface area contributed by atoms with Gasteiger partial charge in [0.2, 0.25) is 0 Å². The van der Waals surface area contributed by atoms with Gasteiger partial charge in [0, 0.05) is 0 Å². The van der Waals surface area contributed by atoms with Gasteiger partial charge in [0.1, 0.15) is 0 Å². The summed E-state index contributed by atoms with van der Waals surface area (Å²) >= 11 is 0. The average molecular weight is 168 g/mol. The third-order valence-corrected chi connectivity index (χ3v) is 3.50. The number of hydrogen-bond donors (Lipinski definition) is 0. The molecule has 0 heterocycles. The Bertz CT molecular complexity index is 97.9. The second kappa shape index (κ2) is 5.61. The molecule has 72 valence electrons. The first-order valence-electron chi connectivity index (χ1n) is 5.88. The quantitative estimate of drug-likeness (QED) is 0.584. The molecule has 0 aromatic carbocycles. The Balaban J connectivity index is 2.29. The van der Waals surface area contributed by atoms with Gasteiger partial charge in [-0.05, 0) is 11.8 Å². The maximum absolute atomic E-state index is 2.37. The molecule has 1 fully saturated rings. The predicted octanol–water partition coefficient (Wildman–Crippen LogP) is 4.39. The van der Waals surface area contributed by atoms with Crippen molar-refractivity contribution < 1.29 is 0 Å². The summed E-state index contributed by atoms with van der Waals surface area (Å²) in [4.78, 5) is 0. The van der Waals surface area contributed by atoms with E-state index in [2.05, 4.69) is 13.8 Å². The summed E-state index contributed by atoms with van der Waals surface area (Å²) in [6.07, 6.45) is 11.8. The van der Waals surface area contributed by atoms with Crippen molar-refractivity contribution in [1.82, 2.24) is 0 Å². The summed E-state index contributed by atoms with van der Waals surface area (Å²) in [5.41, 5.74) is 0. The van der Waals surface area contributed by atoms with Crippen LogP contribution in [0, 0.1) is 11.8 Å². The van der Waals surface area contributed by atoms with E-state index in [-0.39, 0.29) is 0 Å². The molecule has 0 aromatic rings. The minimum atomic E-state index is 1.05. The molecule has 1 atom stereocenters. The van der Waals surface area contributed by atoms with Gasteiger partial charge in [0.15, 0.2) is 0 Å². The van der Waals surface area contributed by atoms with Crippen LogP contribution in [0.15, 0.2) is 0 Å². The molecule has 0 radical (unpaired) electrons. The molecule has 1 saturated carbocycles. The lowest BCUT2D eigenvalue weighted by molar-refractivity contribution is 0.229. The summed E-state index contributed by atoms with van der Waals surface area (Å²) in [6, 6.07) is 0. The lowest BCUT2D eigenvalue weighted by Crippen LogP contribution is -2.17. The molecule has 0 aromatic heterocycles. The third kappa shape index (κ3) is 2.80. The fourth-order valence-electron chi connectivity index (χ4n) is 2.75. The minimum absolute atomic E-state index is 1.05. The monoisotopic (exact) mass is 168 g/mol. The van der Waals surface area contributed by atoms with E-state index in [0.717, 1.165) is 11.8 Å². The van der Waals surface area contributed by atoms with Crippen LogP contribution in [-0.2, 0) is 0 Å². The lowest BCUT2D eigenvalue weighted by atomic mass is 9.77. The van der Waals surface area contributed by atoms with Crippen LogP contribution in [-0.4, -0.2) is 0 Å². The van der Waals surface area contributed by atoms with Crippen LogP contribution < -0.4 is 0 Å². The van der Waals surface area contributed by atoms with Gasteiger partial charge in [-0.3, -0.25) is 0 Å². The Hall–Kier alpha value is 0. The van der Waals surface area contributed by atoms with Crippen LogP contribution in [0.1, 0.15) is 65.2 Å². The van der Waals surface area contributed by atoms with Gasteiger partial charge in [0.25, 0.3) is 0 Å². The van der Waals surface area contributed by atoms with Crippen molar-refractivity contribution in [2.45, 2.75) is 65.2 Å². The van der Waals surface area contributed by atoms with Crippen molar-refractivity contribution in [1.29, 1.82) is 0 Å². The first-order chi connectivity index (χ1) is 5.88. The molecule has 0 unspecified atom stereocenters. The zero-order valence-corrected chi connectivity index (χ0v) is 8.81. The Kier molecular flexibility index (Phi) is 4.72. The van der Waals surface area contributed by atoms with Crippen LogP contribution in [0.2, 0.25) is 0 Å². The molecule has 0 amide bonds. The minimum Gasteiger partial charge on any atom is -0.0654 e. The van der Waals surface area contributed by atoms with E-state index in [1.807, 2.05) is 0 Å². The molecule has 1 aliphatic rings. The van der Waals surface area contributed by atoms with Gasteiger partial charge < -0.3 is 0 Å². The fourth-order valence-corrected chi connectivity index (χ4v) is 2.75. The van der Waals surface area contributed by atoms with Crippen molar-refractivity contribution in [3.05, 3.63) is 0 Å². The first-order valence-corrected chi connectivity index (χ1v) is 5.88. The Morgan fingerprint density at radius 2 is 1.75 bits per heavy atom. The van der Waals surface area contributed by atoms with Crippen molar-refractivity contribution in [3.8, 4) is 0 Å². The SMILES string of the molecule is CCC[C@H](CC)C1CCCCC1. The van der Waals surface area contributed by atoms with E-state index in [9.17, 15) is 0 Å². The topological polar surface area (TPSA) is 0 Å². The van der Waals surface area contributed by atoms with Gasteiger partial charge in [-0.15, -0.1) is 0 Å². The van der Waals surface area contributed by atoms with Crippen LogP contribution >= 0.6 is 0 Å². The molecule has 0 nitrogen and oxygen atoms in total. The molecule has 0 saturated heterocycles. The first kappa shape index (κ1) is 10.1. The van der Waals surface area contributed by atoms with Crippen molar-refractivity contribution >= 4 is 0 Å². The van der Waals surface area contributed by atoms with E-state index in [0.29, 0.717) is 0 Å². The van der Waals surface area contributed by atoms with E-state index in [1.165, 1.54) is 51.4 Å². The second-order valence-electron chi connectivity index (χ2n) is 4.36. The van der Waals surface area contributed by atoms with E-state index < -0.39 is 0 Å². The zero-order chi connectivity index (χ0) is 8.81. The van der Waals surface area contributed by atoms with Crippen LogP contribution in [0.4, 0.5) is 0 Å². The highest BCUT2D eigenvalue weighted by atomic mass is 14.3. The summed E-state index contributed by atoms with van der Waals surface area (Å²) in [5, 5.41) is 0. The highest BCUT2D eigenvalue weighted by Crippen LogP contribution is 2.33. The Morgan fingerprint density at radius 3 is 2.25 bits per heavy atom. The maximum Gasteiger partial charge on any atom is -0.0386 e. The highest BCUT2D eigenvalue weighted by Gasteiger charge is 2.20. The molecule has 0 bridgehead atoms. The molecule has 12 heavy (non-hydrogen) atoms. The normalized spacial score (nSPS) is 22.5. The van der Waals surface area contributed by atoms with Gasteiger partial charge in [-0.25, -0.2) is 0 Å². The molecular formula is C12H24. The number of hydrogen-bond acceptors (Lipinski definition) is 0. The Morgan fingerprint density at radius 1 is 1.08 bits per heavy atom. The Labute approximate surface area is 77.7 Å². The van der Waals surface area contributed by atoms with Crippen LogP contribution in [0.5, 0.6) is 0 Å². The van der Waals surface area contributed by atoms with E-state index >= 15 is 0 Å². The molecule has 1 aliphatic carbocycles. The molecule has 0 spiro atoms. The van der Waals surface area contributed by atoms with Crippen molar-refractivity contribution in [3.63, 3.8) is 0 Å². The van der Waals surface area contributed by atoms with Crippen molar-refractivity contribution in [2.75, 3.05) is 0 Å². The fraction of sp³-hybridized carbons (Fsp3) is 1.00. The molecule has 0 aliphatic heterocycles. The van der Waals surface area contributed by atoms with E-state index in [4.69, 9.17) is 0 Å². The molecular weight excluding hydrogens is 144 g/mol. The van der Waals surface area contributed by atoms with Crippen LogP contribution in [0.3, 0.4) is 0 Å². The summed E-state index contributed by atoms with van der Waals surface area (Å²) in [5.74, 6) is 2.14. The van der Waals surface area contributed by atoms with Crippen LogP contribution in [0.25, 0.3) is 0 Å². The highest BCUT2D eigenvalue weighted by molar-refractivity contribution is 4.72. The predicted molar refractivity (Wildman–Crippen MR) is 55.3 cm³/mol. The third-order valence-electron chi connectivity index (χ3n) is 3.50. The van der Waals surface area contributed by atoms with E-state index in [1.54, 1.807) is 0 Å². The number of rotatable bonds is 4. The lowest BCUT2D eigenvalue weighted by Gasteiger charge is -2.29. The smallest absolute Gasteiger partial charge is 0.0386 e. The summed E-state index contributed by atoms with van der Waals surface area (Å²) in [6.45, 7) is 4.69. The summed E-state index contributed by atoms with van der Waals surface area (Å²) in [7, 11) is 0. The maximum atomic E-state index is 2.37. The molecule has 0 heteroatoms. The average Bonchev–Trinajstić information content (AvgIpc) is 2.15. The van der Waals surface area contributed by atoms with Crippen molar-refractivity contribution in [2.24, 2.45) is 11.8 Å². The largest absolute Gasteiger partial charge is 0.0654 e. The van der Waals surface area contributed by atoms with Gasteiger partial charge in [-0.2, -0.15) is 0 Å². The summed E-state index contributed by atoms with van der Waals surface area (Å²) < 4.78 is 0. The molecule has 1 rings (SSSR count). The zero-order valence-electron chi connectivity index (χ0n) is 8.81. The standard InChI is InChI=1S/C12H24/c1-3-8-11(4-2)12-9-6-5-7-10-12/h11-12H,3-10H2,1-2H3/t11-/m0/s1.